The summed E-state index contributed by atoms with van der Waals surface area (Å²) in [5, 5.41) is 0. The zero-order chi connectivity index (χ0) is 6.57. The van der Waals surface area contributed by atoms with Gasteiger partial charge in [0.25, 0.3) is 0 Å². The van der Waals surface area contributed by atoms with Gasteiger partial charge in [-0.1, -0.05) is 6.92 Å². The quantitative estimate of drug-likeness (QED) is 0.487. The van der Waals surface area contributed by atoms with Crippen molar-refractivity contribution in [3.05, 3.63) is 0 Å². The van der Waals surface area contributed by atoms with Crippen LogP contribution in [0.2, 0.25) is 0 Å². The van der Waals surface area contributed by atoms with Crippen LogP contribution in [-0.4, -0.2) is 11.8 Å². The number of hydrogen-bond donors (Lipinski definition) is 0. The fourth-order valence-corrected chi connectivity index (χ4v) is 0.532. The van der Waals surface area contributed by atoms with Crippen LogP contribution in [0.25, 0.3) is 0 Å². The predicted octanol–water partition coefficient (Wildman–Crippen LogP) is 2.27. The molecule has 0 aliphatic carbocycles. The molecule has 0 saturated heterocycles. The second kappa shape index (κ2) is 3.65. The highest BCUT2D eigenvalue weighted by Crippen LogP contribution is 1.90. The van der Waals surface area contributed by atoms with Crippen LogP contribution >= 0.6 is 0 Å². The van der Waals surface area contributed by atoms with Gasteiger partial charge in [-0.25, -0.2) is 0 Å². The Kier molecular flexibility index (Phi) is 3.49. The van der Waals surface area contributed by atoms with Crippen LogP contribution in [0.3, 0.4) is 0 Å². The Hall–Kier alpha value is -0.330. The Morgan fingerprint density at radius 3 is 2.12 bits per heavy atom. The molecule has 1 nitrogen and oxygen atoms in total. The van der Waals surface area contributed by atoms with Crippen molar-refractivity contribution in [3.8, 4) is 0 Å². The van der Waals surface area contributed by atoms with E-state index in [1.165, 1.54) is 5.71 Å². The highest BCUT2D eigenvalue weighted by atomic mass is 14.8. The van der Waals surface area contributed by atoms with E-state index in [0.29, 0.717) is 6.04 Å². The predicted molar refractivity (Wildman–Crippen MR) is 38.5 cm³/mol. The minimum atomic E-state index is 0.468. The largest absolute Gasteiger partial charge is 0.292 e. The Balaban J connectivity index is 3.56. The molecule has 0 heterocycles. The lowest BCUT2D eigenvalue weighted by molar-refractivity contribution is 0.829. The van der Waals surface area contributed by atoms with Gasteiger partial charge in [-0.2, -0.15) is 0 Å². The summed E-state index contributed by atoms with van der Waals surface area (Å²) in [4.78, 5) is 4.31. The minimum Gasteiger partial charge on any atom is -0.292 e. The molecule has 0 radical (unpaired) electrons. The SMILES string of the molecule is CCC(C)=NC(C)C. The van der Waals surface area contributed by atoms with E-state index in [0.717, 1.165) is 6.42 Å². The fourth-order valence-electron chi connectivity index (χ4n) is 0.532. The molecule has 0 fully saturated rings. The summed E-state index contributed by atoms with van der Waals surface area (Å²) in [6.45, 7) is 8.39. The van der Waals surface area contributed by atoms with Gasteiger partial charge in [0.2, 0.25) is 0 Å². The van der Waals surface area contributed by atoms with E-state index in [9.17, 15) is 0 Å². The molecule has 0 aromatic heterocycles. The van der Waals surface area contributed by atoms with Gasteiger partial charge in [-0.15, -0.1) is 0 Å². The highest BCUT2D eigenvalue weighted by molar-refractivity contribution is 5.81. The van der Waals surface area contributed by atoms with Gasteiger partial charge in [0.1, 0.15) is 0 Å². The van der Waals surface area contributed by atoms with Crippen molar-refractivity contribution in [2.45, 2.75) is 40.2 Å². The maximum Gasteiger partial charge on any atom is 0.0442 e. The van der Waals surface area contributed by atoms with Crippen molar-refractivity contribution in [1.82, 2.24) is 0 Å². The van der Waals surface area contributed by atoms with E-state index in [2.05, 4.69) is 32.7 Å². The van der Waals surface area contributed by atoms with Crippen molar-refractivity contribution < 1.29 is 0 Å². The first kappa shape index (κ1) is 7.67. The van der Waals surface area contributed by atoms with Crippen LogP contribution in [0.4, 0.5) is 0 Å². The third kappa shape index (κ3) is 3.85. The molecule has 0 aromatic carbocycles. The van der Waals surface area contributed by atoms with E-state index < -0.39 is 0 Å². The number of aliphatic imine (C=N–C) groups is 1. The molecular formula is C7H15N. The molecule has 0 saturated carbocycles. The summed E-state index contributed by atoms with van der Waals surface area (Å²) >= 11 is 0. The van der Waals surface area contributed by atoms with Crippen LogP contribution in [0.5, 0.6) is 0 Å². The number of nitrogens with zero attached hydrogens (tertiary/aromatic N) is 1. The second-order valence-electron chi connectivity index (χ2n) is 2.31. The molecular weight excluding hydrogens is 98.1 g/mol. The first-order valence-electron chi connectivity index (χ1n) is 3.20. The van der Waals surface area contributed by atoms with E-state index in [1.807, 2.05) is 0 Å². The Morgan fingerprint density at radius 1 is 1.50 bits per heavy atom. The van der Waals surface area contributed by atoms with E-state index in [-0.39, 0.29) is 0 Å². The first-order valence-corrected chi connectivity index (χ1v) is 3.20. The maximum atomic E-state index is 4.31. The molecule has 0 bridgehead atoms. The zero-order valence-electron chi connectivity index (χ0n) is 6.23. The Morgan fingerprint density at radius 2 is 2.00 bits per heavy atom. The van der Waals surface area contributed by atoms with Crippen molar-refractivity contribution in [2.75, 3.05) is 0 Å². The molecule has 8 heavy (non-hydrogen) atoms. The standard InChI is InChI=1S/C7H15N/c1-5-7(4)8-6(2)3/h6H,5H2,1-4H3. The lowest BCUT2D eigenvalue weighted by atomic mass is 10.3. The van der Waals surface area contributed by atoms with Crippen LogP contribution in [0.15, 0.2) is 4.99 Å². The van der Waals surface area contributed by atoms with Crippen molar-refractivity contribution in [1.29, 1.82) is 0 Å². The minimum absolute atomic E-state index is 0.468. The van der Waals surface area contributed by atoms with E-state index in [1.54, 1.807) is 0 Å². The fraction of sp³-hybridized carbons (Fsp3) is 0.857. The lowest BCUT2D eigenvalue weighted by Crippen LogP contribution is -1.95. The summed E-state index contributed by atoms with van der Waals surface area (Å²) in [5.41, 5.74) is 1.25. The molecule has 1 heteroatoms. The molecule has 0 rings (SSSR count). The van der Waals surface area contributed by atoms with Crippen molar-refractivity contribution in [3.63, 3.8) is 0 Å². The van der Waals surface area contributed by atoms with E-state index >= 15 is 0 Å². The van der Waals surface area contributed by atoms with Crippen LogP contribution in [-0.2, 0) is 0 Å². The zero-order valence-corrected chi connectivity index (χ0v) is 6.23. The average Bonchev–Trinajstić information content (AvgIpc) is 1.65. The normalized spacial score (nSPS) is 12.9. The summed E-state index contributed by atoms with van der Waals surface area (Å²) in [6.07, 6.45) is 1.08. The number of rotatable bonds is 2. The summed E-state index contributed by atoms with van der Waals surface area (Å²) in [6, 6.07) is 0.468. The van der Waals surface area contributed by atoms with Crippen LogP contribution in [0.1, 0.15) is 34.1 Å². The van der Waals surface area contributed by atoms with Crippen LogP contribution in [0, 0.1) is 0 Å². The van der Waals surface area contributed by atoms with Gasteiger partial charge in [0, 0.05) is 11.8 Å². The lowest BCUT2D eigenvalue weighted by Gasteiger charge is -1.97. The van der Waals surface area contributed by atoms with Crippen molar-refractivity contribution in [2.24, 2.45) is 4.99 Å². The monoisotopic (exact) mass is 113 g/mol. The molecule has 0 aliphatic heterocycles. The van der Waals surface area contributed by atoms with Gasteiger partial charge in [0.05, 0.1) is 0 Å². The molecule has 0 aliphatic rings. The molecule has 0 atom stereocenters. The van der Waals surface area contributed by atoms with Crippen LogP contribution < -0.4 is 0 Å². The molecule has 0 spiro atoms. The summed E-state index contributed by atoms with van der Waals surface area (Å²) < 4.78 is 0. The molecule has 48 valence electrons. The van der Waals surface area contributed by atoms with Gasteiger partial charge in [-0.05, 0) is 27.2 Å². The summed E-state index contributed by atoms with van der Waals surface area (Å²) in [7, 11) is 0. The van der Waals surface area contributed by atoms with Gasteiger partial charge < -0.3 is 0 Å². The molecule has 0 amide bonds. The number of hydrogen-bond acceptors (Lipinski definition) is 1. The molecule has 0 unspecified atom stereocenters. The Labute approximate surface area is 51.8 Å². The highest BCUT2D eigenvalue weighted by Gasteiger charge is 1.87. The maximum absolute atomic E-state index is 4.31. The molecule has 0 N–H and O–H groups in total. The van der Waals surface area contributed by atoms with Crippen molar-refractivity contribution >= 4 is 5.71 Å². The second-order valence-corrected chi connectivity index (χ2v) is 2.31. The van der Waals surface area contributed by atoms with Gasteiger partial charge in [0.15, 0.2) is 0 Å². The average molecular weight is 113 g/mol. The summed E-state index contributed by atoms with van der Waals surface area (Å²) in [5.74, 6) is 0. The van der Waals surface area contributed by atoms with Gasteiger partial charge in [-0.3, -0.25) is 4.99 Å². The van der Waals surface area contributed by atoms with E-state index in [4.69, 9.17) is 0 Å². The molecule has 0 aromatic rings. The third-order valence-corrected chi connectivity index (χ3v) is 0.990. The third-order valence-electron chi connectivity index (χ3n) is 0.990. The Bertz CT molecular complexity index is 82.4. The first-order chi connectivity index (χ1) is 3.66. The smallest absolute Gasteiger partial charge is 0.0442 e. The van der Waals surface area contributed by atoms with Gasteiger partial charge >= 0.3 is 0 Å². The topological polar surface area (TPSA) is 12.4 Å².